The van der Waals surface area contributed by atoms with Crippen molar-refractivity contribution in [3.63, 3.8) is 0 Å². The van der Waals surface area contributed by atoms with Gasteiger partial charge in [0.2, 0.25) is 0 Å². The van der Waals surface area contributed by atoms with E-state index >= 15 is 0 Å². The van der Waals surface area contributed by atoms with Crippen LogP contribution in [0, 0.1) is 34.5 Å². The van der Waals surface area contributed by atoms with Crippen LogP contribution in [0.4, 0.5) is 0 Å². The van der Waals surface area contributed by atoms with Crippen LogP contribution in [0.5, 0.6) is 0 Å². The van der Waals surface area contributed by atoms with E-state index in [1.54, 1.807) is 11.6 Å². The van der Waals surface area contributed by atoms with Gasteiger partial charge in [0.05, 0.1) is 6.10 Å². The minimum atomic E-state index is -0.415. The Kier molecular flexibility index (Phi) is 3.81. The molecular formula is C24H34O3. The van der Waals surface area contributed by atoms with E-state index in [4.69, 9.17) is 4.74 Å². The van der Waals surface area contributed by atoms with Gasteiger partial charge in [0, 0.05) is 12.0 Å². The molecule has 27 heavy (non-hydrogen) atoms. The standard InChI is InChI=1S/C24H34O3/c1-22-11-8-16(25)14-15(22)4-5-17-18-6-7-20(23(18,2)12-9-19(17)22)24(3)13-10-21(26)27-24/h4,10,13,16-20,25H,5-9,11-12,14H2,1-3H3/t16-,17-,18-,19-,20-,22-,23-,24+/m0/s1. The van der Waals surface area contributed by atoms with Crippen LogP contribution >= 0.6 is 0 Å². The van der Waals surface area contributed by atoms with Gasteiger partial charge in [-0.15, -0.1) is 0 Å². The first-order chi connectivity index (χ1) is 12.8. The third kappa shape index (κ3) is 2.39. The van der Waals surface area contributed by atoms with E-state index in [9.17, 15) is 9.90 Å². The Hall–Kier alpha value is -1.09. The Bertz CT molecular complexity index is 723. The van der Waals surface area contributed by atoms with Gasteiger partial charge in [-0.05, 0) is 93.0 Å². The molecule has 0 aromatic heterocycles. The fraction of sp³-hybridized carbons (Fsp3) is 0.792. The van der Waals surface area contributed by atoms with Crippen LogP contribution in [-0.4, -0.2) is 22.8 Å². The zero-order valence-electron chi connectivity index (χ0n) is 17.0. The van der Waals surface area contributed by atoms with Crippen LogP contribution < -0.4 is 0 Å². The van der Waals surface area contributed by atoms with Gasteiger partial charge in [-0.3, -0.25) is 0 Å². The average molecular weight is 371 g/mol. The lowest BCUT2D eigenvalue weighted by atomic mass is 9.47. The topological polar surface area (TPSA) is 46.5 Å². The second kappa shape index (κ2) is 5.72. The molecule has 3 nitrogen and oxygen atoms in total. The molecule has 0 aromatic carbocycles. The zero-order valence-corrected chi connectivity index (χ0v) is 17.0. The molecule has 0 spiro atoms. The normalized spacial score (nSPS) is 54.0. The number of hydrogen-bond donors (Lipinski definition) is 1. The molecule has 5 rings (SSSR count). The Morgan fingerprint density at radius 3 is 2.63 bits per heavy atom. The van der Waals surface area contributed by atoms with Crippen LogP contribution in [0.3, 0.4) is 0 Å². The summed E-state index contributed by atoms with van der Waals surface area (Å²) in [5.41, 5.74) is 1.69. The number of fused-ring (bicyclic) bond motifs is 5. The quantitative estimate of drug-likeness (QED) is 0.533. The van der Waals surface area contributed by atoms with Crippen molar-refractivity contribution in [2.75, 3.05) is 0 Å². The summed E-state index contributed by atoms with van der Waals surface area (Å²) in [5, 5.41) is 10.2. The van der Waals surface area contributed by atoms with E-state index in [1.165, 1.54) is 32.1 Å². The summed E-state index contributed by atoms with van der Waals surface area (Å²) in [6.07, 6.45) is 15.2. The predicted molar refractivity (Wildman–Crippen MR) is 105 cm³/mol. The largest absolute Gasteiger partial charge is 0.452 e. The number of allylic oxidation sites excluding steroid dienone is 1. The number of aliphatic hydroxyl groups is 1. The van der Waals surface area contributed by atoms with Crippen molar-refractivity contribution in [2.24, 2.45) is 34.5 Å². The molecule has 3 fully saturated rings. The number of aliphatic hydroxyl groups excluding tert-OH is 1. The van der Waals surface area contributed by atoms with Gasteiger partial charge in [0.15, 0.2) is 0 Å². The Morgan fingerprint density at radius 1 is 1.07 bits per heavy atom. The number of ether oxygens (including phenoxy) is 1. The summed E-state index contributed by atoms with van der Waals surface area (Å²) in [4.78, 5) is 11.8. The second-order valence-electron chi connectivity index (χ2n) is 10.8. The number of hydrogen-bond acceptors (Lipinski definition) is 3. The van der Waals surface area contributed by atoms with Crippen LogP contribution in [0.2, 0.25) is 0 Å². The van der Waals surface area contributed by atoms with Crippen molar-refractivity contribution >= 4 is 5.97 Å². The molecule has 8 atom stereocenters. The van der Waals surface area contributed by atoms with Crippen molar-refractivity contribution in [3.8, 4) is 0 Å². The van der Waals surface area contributed by atoms with Crippen molar-refractivity contribution in [3.05, 3.63) is 23.8 Å². The first kappa shape index (κ1) is 18.0. The molecule has 0 aromatic rings. The van der Waals surface area contributed by atoms with Gasteiger partial charge in [-0.2, -0.15) is 0 Å². The average Bonchev–Trinajstić information content (AvgIpc) is 3.15. The van der Waals surface area contributed by atoms with Crippen LogP contribution in [0.1, 0.15) is 72.1 Å². The van der Waals surface area contributed by atoms with E-state index in [1.807, 2.05) is 6.08 Å². The van der Waals surface area contributed by atoms with Gasteiger partial charge < -0.3 is 9.84 Å². The summed E-state index contributed by atoms with van der Waals surface area (Å²) in [6.45, 7) is 7.10. The number of carbonyl (C=O) groups excluding carboxylic acids is 1. The molecule has 4 aliphatic carbocycles. The minimum absolute atomic E-state index is 0.130. The van der Waals surface area contributed by atoms with Crippen LogP contribution in [0.15, 0.2) is 23.8 Å². The molecule has 148 valence electrons. The Morgan fingerprint density at radius 2 is 1.89 bits per heavy atom. The van der Waals surface area contributed by atoms with Crippen molar-refractivity contribution in [1.82, 2.24) is 0 Å². The summed E-state index contributed by atoms with van der Waals surface area (Å²) in [5.74, 6) is 2.51. The van der Waals surface area contributed by atoms with Crippen LogP contribution in [-0.2, 0) is 9.53 Å². The molecule has 0 bridgehead atoms. The van der Waals surface area contributed by atoms with Gasteiger partial charge in [0.1, 0.15) is 5.60 Å². The molecule has 1 heterocycles. The maximum atomic E-state index is 11.8. The lowest BCUT2D eigenvalue weighted by Gasteiger charge is -2.58. The number of esters is 1. The summed E-state index contributed by atoms with van der Waals surface area (Å²) < 4.78 is 5.81. The molecule has 5 aliphatic rings. The van der Waals surface area contributed by atoms with Gasteiger partial charge in [-0.1, -0.05) is 25.5 Å². The molecule has 0 unspecified atom stereocenters. The molecule has 0 saturated heterocycles. The van der Waals surface area contributed by atoms with E-state index in [0.717, 1.165) is 37.0 Å². The molecule has 1 N–H and O–H groups in total. The van der Waals surface area contributed by atoms with E-state index < -0.39 is 5.60 Å². The molecule has 1 aliphatic heterocycles. The monoisotopic (exact) mass is 370 g/mol. The fourth-order valence-corrected chi connectivity index (χ4v) is 8.29. The van der Waals surface area contributed by atoms with Crippen molar-refractivity contribution in [1.29, 1.82) is 0 Å². The first-order valence-electron chi connectivity index (χ1n) is 11.1. The van der Waals surface area contributed by atoms with E-state index in [0.29, 0.717) is 11.3 Å². The predicted octanol–water partition coefficient (Wildman–Crippen LogP) is 4.80. The van der Waals surface area contributed by atoms with Crippen molar-refractivity contribution in [2.45, 2.75) is 83.8 Å². The zero-order chi connectivity index (χ0) is 19.0. The minimum Gasteiger partial charge on any atom is -0.452 e. The number of carbonyl (C=O) groups is 1. The lowest BCUT2D eigenvalue weighted by molar-refractivity contribution is -0.154. The number of rotatable bonds is 1. The molecule has 0 amide bonds. The SMILES string of the molecule is C[C@]12CC[C@H]3[C@@H](CC=C4C[C@@H](O)CC[C@@]43C)[C@@H]1CC[C@@H]2[C@@]1(C)C=CC(=O)O1. The molecular weight excluding hydrogens is 336 g/mol. The van der Waals surface area contributed by atoms with Gasteiger partial charge in [0.25, 0.3) is 0 Å². The second-order valence-corrected chi connectivity index (χ2v) is 10.8. The van der Waals surface area contributed by atoms with Crippen LogP contribution in [0.25, 0.3) is 0 Å². The van der Waals surface area contributed by atoms with Crippen molar-refractivity contribution < 1.29 is 14.6 Å². The molecule has 0 radical (unpaired) electrons. The summed E-state index contributed by atoms with van der Waals surface area (Å²) in [6, 6.07) is 0. The van der Waals surface area contributed by atoms with Gasteiger partial charge in [-0.25, -0.2) is 4.79 Å². The number of cyclic esters (lactones) is 1. The third-order valence-corrected chi connectivity index (χ3v) is 9.64. The Balaban J connectivity index is 1.45. The van der Waals surface area contributed by atoms with E-state index in [2.05, 4.69) is 26.8 Å². The highest BCUT2D eigenvalue weighted by atomic mass is 16.6. The lowest BCUT2D eigenvalue weighted by Crippen LogP contribution is -2.52. The highest BCUT2D eigenvalue weighted by Gasteiger charge is 2.62. The maximum absolute atomic E-state index is 11.8. The fourth-order valence-electron chi connectivity index (χ4n) is 8.29. The molecule has 3 heteroatoms. The summed E-state index contributed by atoms with van der Waals surface area (Å²) >= 11 is 0. The van der Waals surface area contributed by atoms with E-state index in [-0.39, 0.29) is 17.5 Å². The first-order valence-corrected chi connectivity index (χ1v) is 11.1. The highest BCUT2D eigenvalue weighted by molar-refractivity contribution is 5.85. The van der Waals surface area contributed by atoms with Gasteiger partial charge >= 0.3 is 5.97 Å². The molecule has 3 saturated carbocycles. The highest BCUT2D eigenvalue weighted by Crippen LogP contribution is 2.68. The summed E-state index contributed by atoms with van der Waals surface area (Å²) in [7, 11) is 0. The smallest absolute Gasteiger partial charge is 0.331 e. The third-order valence-electron chi connectivity index (χ3n) is 9.64. The Labute approximate surface area is 163 Å². The maximum Gasteiger partial charge on any atom is 0.331 e.